The summed E-state index contributed by atoms with van der Waals surface area (Å²) in [4.78, 5) is 42.2. The highest BCUT2D eigenvalue weighted by atomic mass is 32.2. The lowest BCUT2D eigenvalue weighted by molar-refractivity contribution is -0.261. The highest BCUT2D eigenvalue weighted by Crippen LogP contribution is 3.01. The summed E-state index contributed by atoms with van der Waals surface area (Å²) in [5.41, 5.74) is -0.385. The fraction of sp³-hybridized carbons (Fsp3) is 0.783. The molecule has 0 N–H and O–H groups in total. The van der Waals surface area contributed by atoms with Gasteiger partial charge in [-0.05, 0) is 59.9 Å². The predicted octanol–water partition coefficient (Wildman–Crippen LogP) is 2.30. The van der Waals surface area contributed by atoms with Crippen molar-refractivity contribution in [1.29, 1.82) is 0 Å². The van der Waals surface area contributed by atoms with Gasteiger partial charge in [0.25, 0.3) is 0 Å². The minimum Gasteiger partial charge on any atom is -0.299 e. The number of fused-ring (bicyclic) bond motifs is 2. The molecule has 0 aromatic heterocycles. The molecule has 10 aliphatic rings. The van der Waals surface area contributed by atoms with Crippen molar-refractivity contribution in [3.63, 3.8) is 0 Å². The van der Waals surface area contributed by atoms with Crippen LogP contribution in [0.25, 0.3) is 0 Å². The summed E-state index contributed by atoms with van der Waals surface area (Å²) in [6.07, 6.45) is 7.07. The Morgan fingerprint density at radius 2 is 1.59 bits per heavy atom. The smallest absolute Gasteiger partial charge is 0.233 e. The Morgan fingerprint density at radius 1 is 0.897 bits per heavy atom. The van der Waals surface area contributed by atoms with Crippen molar-refractivity contribution in [1.82, 2.24) is 4.90 Å². The van der Waals surface area contributed by atoms with Crippen molar-refractivity contribution in [3.05, 3.63) is 12.2 Å². The number of hydrogen-bond donors (Lipinski definition) is 0. The third-order valence-corrected chi connectivity index (χ3v) is 15.3. The molecule has 2 aliphatic heterocycles. The van der Waals surface area contributed by atoms with E-state index in [2.05, 4.69) is 35.7 Å². The molecular weight excluding hydrogens is 402 g/mol. The van der Waals surface area contributed by atoms with Gasteiger partial charge in [-0.25, -0.2) is 0 Å². The Bertz CT molecular complexity index is 1020. The molecule has 29 heavy (non-hydrogen) atoms. The van der Waals surface area contributed by atoms with Crippen molar-refractivity contribution < 1.29 is 14.4 Å². The monoisotopic (exact) mass is 425 g/mol. The molecule has 4 bridgehead atoms. The molecule has 3 spiro atoms. The van der Waals surface area contributed by atoms with Crippen LogP contribution in [0.2, 0.25) is 0 Å². The maximum atomic E-state index is 14.3. The van der Waals surface area contributed by atoms with Crippen LogP contribution in [0.3, 0.4) is 0 Å². The molecule has 2 saturated heterocycles. The van der Waals surface area contributed by atoms with E-state index in [9.17, 15) is 14.4 Å². The van der Waals surface area contributed by atoms with E-state index in [0.29, 0.717) is 35.4 Å². The molecule has 10 rings (SSSR count). The molecule has 0 aromatic carbocycles. The SMILES string of the molecule is CN1C(=O)[C@@H]2[C@H](C1=O)[C@H]1C=C[C@@H]2[C@]23[C@H]4[C@@H]5C[C@H]6[C@H](C(=O)[C@@]12[C@H]64)[C@@H]5C31SCCCS1. The zero-order chi connectivity index (χ0) is 19.2. The highest BCUT2D eigenvalue weighted by Gasteiger charge is 3.03. The number of carbonyl (C=O) groups is 3. The zero-order valence-electron chi connectivity index (χ0n) is 16.2. The van der Waals surface area contributed by atoms with Crippen LogP contribution in [-0.2, 0) is 14.4 Å². The van der Waals surface area contributed by atoms with Gasteiger partial charge in [0.05, 0.1) is 15.9 Å². The predicted molar refractivity (Wildman–Crippen MR) is 109 cm³/mol. The second-order valence-corrected chi connectivity index (χ2v) is 14.2. The lowest BCUT2D eigenvalue weighted by Crippen LogP contribution is -2.82. The summed E-state index contributed by atoms with van der Waals surface area (Å²) in [5.74, 6) is 5.73. The molecule has 0 unspecified atom stereocenters. The molecule has 8 fully saturated rings. The maximum absolute atomic E-state index is 14.3. The molecule has 0 aromatic rings. The number of Topliss-reactive ketones (excluding diaryl/α,β-unsaturated/α-hetero) is 1. The molecule has 6 saturated carbocycles. The Labute approximate surface area is 178 Å². The topological polar surface area (TPSA) is 54.5 Å². The summed E-state index contributed by atoms with van der Waals surface area (Å²) >= 11 is 4.35. The van der Waals surface area contributed by atoms with Gasteiger partial charge in [0, 0.05) is 29.7 Å². The Hall–Kier alpha value is -0.750. The number of thioether (sulfide) groups is 2. The van der Waals surface area contributed by atoms with Gasteiger partial charge in [-0.2, -0.15) is 0 Å². The van der Waals surface area contributed by atoms with Crippen LogP contribution in [0, 0.1) is 70.0 Å². The largest absolute Gasteiger partial charge is 0.299 e. The lowest BCUT2D eigenvalue weighted by Gasteiger charge is -2.79. The van der Waals surface area contributed by atoms with Crippen molar-refractivity contribution >= 4 is 41.1 Å². The van der Waals surface area contributed by atoms with E-state index in [1.807, 2.05) is 0 Å². The van der Waals surface area contributed by atoms with Crippen LogP contribution in [0.5, 0.6) is 0 Å². The van der Waals surface area contributed by atoms with Crippen LogP contribution in [0.4, 0.5) is 0 Å². The van der Waals surface area contributed by atoms with E-state index in [1.165, 1.54) is 29.2 Å². The molecule has 150 valence electrons. The first-order chi connectivity index (χ1) is 14.0. The lowest BCUT2D eigenvalue weighted by atomic mass is 9.26. The van der Waals surface area contributed by atoms with E-state index in [0.717, 1.165) is 0 Å². The standard InChI is InChI=1S/C23H23NO3S2/c1-24-19(26)13-10-3-4-11(14(13)20(24)27)22-17-9-7-8-12(18(25)21(10,22)16(8)17)15(9)23(22)28-5-2-6-29-23/h3-4,8-17H,2,5-7H2,1H3/t8-,9+,10+,11-,12-,13+,14-,15+,16+,17-,21-,22-/m0/s1. The average molecular weight is 426 g/mol. The van der Waals surface area contributed by atoms with Crippen molar-refractivity contribution in [2.45, 2.75) is 16.9 Å². The number of likely N-dealkylation sites (tertiary alicyclic amines) is 1. The number of carbonyl (C=O) groups excluding carboxylic acids is 3. The minimum atomic E-state index is -0.326. The van der Waals surface area contributed by atoms with E-state index >= 15 is 0 Å². The van der Waals surface area contributed by atoms with Crippen molar-refractivity contribution in [2.75, 3.05) is 18.6 Å². The molecule has 2 amide bonds. The Kier molecular flexibility index (Phi) is 2.29. The van der Waals surface area contributed by atoms with E-state index < -0.39 is 0 Å². The van der Waals surface area contributed by atoms with Crippen LogP contribution in [0.1, 0.15) is 12.8 Å². The first-order valence-electron chi connectivity index (χ1n) is 11.4. The van der Waals surface area contributed by atoms with Gasteiger partial charge in [0.15, 0.2) is 0 Å². The summed E-state index contributed by atoms with van der Waals surface area (Å²) in [5, 5.41) is 0. The number of allylic oxidation sites excluding steroid dienone is 2. The Balaban J connectivity index is 1.40. The van der Waals surface area contributed by atoms with E-state index in [1.54, 1.807) is 7.05 Å². The van der Waals surface area contributed by atoms with Crippen LogP contribution in [0.15, 0.2) is 12.2 Å². The van der Waals surface area contributed by atoms with Crippen LogP contribution < -0.4 is 0 Å². The summed E-state index contributed by atoms with van der Waals surface area (Å²) in [6, 6.07) is 0. The molecule has 12 atom stereocenters. The van der Waals surface area contributed by atoms with Gasteiger partial charge in [-0.1, -0.05) is 12.2 Å². The fourth-order valence-corrected chi connectivity index (χ4v) is 16.4. The molecular formula is C23H23NO3S2. The number of nitrogens with zero attached hydrogens (tertiary/aromatic N) is 1. The van der Waals surface area contributed by atoms with Gasteiger partial charge in [0.2, 0.25) is 11.8 Å². The van der Waals surface area contributed by atoms with Crippen molar-refractivity contribution in [3.8, 4) is 0 Å². The summed E-state index contributed by atoms with van der Waals surface area (Å²) in [7, 11) is 1.67. The Morgan fingerprint density at radius 3 is 2.34 bits per heavy atom. The van der Waals surface area contributed by atoms with Gasteiger partial charge in [-0.3, -0.25) is 19.3 Å². The molecule has 4 nitrogen and oxygen atoms in total. The molecule has 8 aliphatic carbocycles. The minimum absolute atomic E-state index is 0.0116. The van der Waals surface area contributed by atoms with Crippen LogP contribution in [-0.4, -0.2) is 45.1 Å². The summed E-state index contributed by atoms with van der Waals surface area (Å²) in [6.45, 7) is 0. The zero-order valence-corrected chi connectivity index (χ0v) is 17.9. The van der Waals surface area contributed by atoms with E-state index in [4.69, 9.17) is 0 Å². The van der Waals surface area contributed by atoms with Gasteiger partial charge in [-0.15, -0.1) is 23.5 Å². The van der Waals surface area contributed by atoms with Gasteiger partial charge in [0.1, 0.15) is 5.78 Å². The maximum Gasteiger partial charge on any atom is 0.233 e. The molecule has 0 radical (unpaired) electrons. The molecule has 6 heteroatoms. The quantitative estimate of drug-likeness (QED) is 0.440. The molecule has 2 heterocycles. The van der Waals surface area contributed by atoms with Crippen LogP contribution >= 0.6 is 23.5 Å². The average Bonchev–Trinajstić information content (AvgIpc) is 3.35. The van der Waals surface area contributed by atoms with Gasteiger partial charge >= 0.3 is 0 Å². The number of ketones is 1. The fourth-order valence-electron chi connectivity index (χ4n) is 11.8. The second kappa shape index (κ2) is 4.15. The number of rotatable bonds is 0. The van der Waals surface area contributed by atoms with Crippen molar-refractivity contribution in [2.24, 2.45) is 70.0 Å². The highest BCUT2D eigenvalue weighted by molar-refractivity contribution is 8.18. The summed E-state index contributed by atoms with van der Waals surface area (Å²) < 4.78 is 0.115. The van der Waals surface area contributed by atoms with Gasteiger partial charge < -0.3 is 0 Å². The number of imide groups is 1. The first kappa shape index (κ1) is 16.0. The third-order valence-electron chi connectivity index (χ3n) is 11.5. The third kappa shape index (κ3) is 1.06. The first-order valence-corrected chi connectivity index (χ1v) is 13.3. The second-order valence-electron chi connectivity index (χ2n) is 11.2. The number of amides is 2. The van der Waals surface area contributed by atoms with E-state index in [-0.39, 0.29) is 56.3 Å². The normalized spacial score (nSPS) is 65.1. The number of hydrogen-bond acceptors (Lipinski definition) is 5.